The summed E-state index contributed by atoms with van der Waals surface area (Å²) in [5.74, 6) is 0.244. The predicted molar refractivity (Wildman–Crippen MR) is 75.2 cm³/mol. The van der Waals surface area contributed by atoms with Crippen LogP contribution >= 0.6 is 11.3 Å². The van der Waals surface area contributed by atoms with Gasteiger partial charge in [0, 0.05) is 20.2 Å². The van der Waals surface area contributed by atoms with Gasteiger partial charge < -0.3 is 15.0 Å². The molecule has 3 atom stereocenters. The Bertz CT molecular complexity index is 435. The van der Waals surface area contributed by atoms with Crippen LogP contribution in [0.25, 0.3) is 0 Å². The van der Waals surface area contributed by atoms with Crippen molar-refractivity contribution in [3.63, 3.8) is 0 Å². The molecule has 2 fully saturated rings. The molecule has 2 aliphatic heterocycles. The molecule has 0 bridgehead atoms. The van der Waals surface area contributed by atoms with Crippen LogP contribution in [0, 0.1) is 0 Å². The zero-order valence-corrected chi connectivity index (χ0v) is 12.0. The van der Waals surface area contributed by atoms with E-state index in [1.54, 1.807) is 18.4 Å². The van der Waals surface area contributed by atoms with E-state index >= 15 is 0 Å². The fraction of sp³-hybridized carbons (Fsp3) is 0.643. The van der Waals surface area contributed by atoms with Gasteiger partial charge in [0.2, 0.25) is 5.91 Å². The number of carbonyl (C=O) groups excluding carboxylic acids is 1. The largest absolute Gasteiger partial charge is 0.380 e. The van der Waals surface area contributed by atoms with E-state index in [1.807, 2.05) is 0 Å². The summed E-state index contributed by atoms with van der Waals surface area (Å²) in [6.45, 7) is 1.67. The van der Waals surface area contributed by atoms with Gasteiger partial charge in [-0.1, -0.05) is 0 Å². The number of rotatable bonds is 3. The van der Waals surface area contributed by atoms with Gasteiger partial charge in [-0.25, -0.2) is 0 Å². The van der Waals surface area contributed by atoms with Crippen molar-refractivity contribution in [2.75, 3.05) is 20.2 Å². The summed E-state index contributed by atoms with van der Waals surface area (Å²) < 4.78 is 5.32. The standard InChI is InChI=1S/C14H20N2O2S/c1-18-11-7-12(15-8-11)14(17)16-5-2-3-13(16)10-4-6-19-9-10/h4,6,9,11-13,15H,2-3,5,7-8H2,1H3. The van der Waals surface area contributed by atoms with Gasteiger partial charge >= 0.3 is 0 Å². The normalized spacial score (nSPS) is 31.0. The Labute approximate surface area is 117 Å². The molecule has 104 valence electrons. The van der Waals surface area contributed by atoms with Crippen LogP contribution in [0.4, 0.5) is 0 Å². The third-order valence-corrected chi connectivity index (χ3v) is 4.89. The van der Waals surface area contributed by atoms with E-state index in [-0.39, 0.29) is 24.1 Å². The molecule has 0 spiro atoms. The van der Waals surface area contributed by atoms with Crippen LogP contribution in [0.2, 0.25) is 0 Å². The molecule has 1 aromatic heterocycles. The zero-order chi connectivity index (χ0) is 13.2. The third kappa shape index (κ3) is 2.55. The Morgan fingerprint density at radius 3 is 3.16 bits per heavy atom. The first kappa shape index (κ1) is 13.1. The van der Waals surface area contributed by atoms with Crippen molar-refractivity contribution in [3.05, 3.63) is 22.4 Å². The minimum absolute atomic E-state index is 0.0656. The Morgan fingerprint density at radius 2 is 2.47 bits per heavy atom. The molecule has 2 saturated heterocycles. The van der Waals surface area contributed by atoms with Crippen molar-refractivity contribution in [1.82, 2.24) is 10.2 Å². The second-order valence-electron chi connectivity index (χ2n) is 5.30. The highest BCUT2D eigenvalue weighted by molar-refractivity contribution is 7.07. The lowest BCUT2D eigenvalue weighted by Gasteiger charge is -2.27. The van der Waals surface area contributed by atoms with E-state index in [1.165, 1.54) is 5.56 Å². The van der Waals surface area contributed by atoms with Crippen LogP contribution in [0.3, 0.4) is 0 Å². The number of likely N-dealkylation sites (tertiary alicyclic amines) is 1. The van der Waals surface area contributed by atoms with E-state index in [0.29, 0.717) is 0 Å². The maximum Gasteiger partial charge on any atom is 0.240 e. The van der Waals surface area contributed by atoms with Crippen molar-refractivity contribution in [2.45, 2.75) is 37.5 Å². The number of methoxy groups -OCH3 is 1. The van der Waals surface area contributed by atoms with Crippen molar-refractivity contribution < 1.29 is 9.53 Å². The molecule has 3 heterocycles. The van der Waals surface area contributed by atoms with Gasteiger partial charge in [-0.05, 0) is 41.7 Å². The molecule has 0 aromatic carbocycles. The molecule has 1 amide bonds. The molecule has 5 heteroatoms. The van der Waals surface area contributed by atoms with Gasteiger partial charge in [-0.3, -0.25) is 4.79 Å². The summed E-state index contributed by atoms with van der Waals surface area (Å²) in [5.41, 5.74) is 1.29. The number of hydrogen-bond donors (Lipinski definition) is 1. The van der Waals surface area contributed by atoms with Gasteiger partial charge in [-0.15, -0.1) is 0 Å². The number of ether oxygens (including phenoxy) is 1. The molecule has 0 saturated carbocycles. The van der Waals surface area contributed by atoms with Crippen LogP contribution in [0.5, 0.6) is 0 Å². The Hall–Kier alpha value is -0.910. The fourth-order valence-corrected chi connectivity index (χ4v) is 3.82. The smallest absolute Gasteiger partial charge is 0.240 e. The lowest BCUT2D eigenvalue weighted by Crippen LogP contribution is -2.43. The molecule has 3 rings (SSSR count). The number of nitrogens with one attached hydrogen (secondary N) is 1. The van der Waals surface area contributed by atoms with Crippen LogP contribution in [-0.4, -0.2) is 43.2 Å². The molecule has 1 aromatic rings. The lowest BCUT2D eigenvalue weighted by molar-refractivity contribution is -0.134. The minimum Gasteiger partial charge on any atom is -0.380 e. The van der Waals surface area contributed by atoms with Crippen LogP contribution in [0.15, 0.2) is 16.8 Å². The number of amides is 1. The molecule has 0 aliphatic carbocycles. The van der Waals surface area contributed by atoms with Crippen molar-refractivity contribution in [2.24, 2.45) is 0 Å². The van der Waals surface area contributed by atoms with E-state index in [2.05, 4.69) is 27.0 Å². The molecular weight excluding hydrogens is 260 g/mol. The average molecular weight is 280 g/mol. The maximum atomic E-state index is 12.6. The summed E-state index contributed by atoms with van der Waals surface area (Å²) >= 11 is 1.70. The second kappa shape index (κ2) is 5.61. The van der Waals surface area contributed by atoms with E-state index in [0.717, 1.165) is 32.4 Å². The molecule has 2 aliphatic rings. The monoisotopic (exact) mass is 280 g/mol. The Kier molecular flexibility index (Phi) is 3.86. The minimum atomic E-state index is -0.0656. The summed E-state index contributed by atoms with van der Waals surface area (Å²) in [6.07, 6.45) is 3.16. The van der Waals surface area contributed by atoms with Gasteiger partial charge in [0.25, 0.3) is 0 Å². The van der Waals surface area contributed by atoms with E-state index in [9.17, 15) is 4.79 Å². The van der Waals surface area contributed by atoms with Crippen molar-refractivity contribution in [1.29, 1.82) is 0 Å². The molecule has 0 radical (unpaired) electrons. The van der Waals surface area contributed by atoms with Gasteiger partial charge in [-0.2, -0.15) is 11.3 Å². The summed E-state index contributed by atoms with van der Waals surface area (Å²) in [7, 11) is 1.71. The highest BCUT2D eigenvalue weighted by atomic mass is 32.1. The Morgan fingerprint density at radius 1 is 1.58 bits per heavy atom. The van der Waals surface area contributed by atoms with Gasteiger partial charge in [0.05, 0.1) is 18.2 Å². The number of carbonyl (C=O) groups is 1. The number of hydrogen-bond acceptors (Lipinski definition) is 4. The molecule has 4 nitrogen and oxygen atoms in total. The molecule has 19 heavy (non-hydrogen) atoms. The summed E-state index contributed by atoms with van der Waals surface area (Å²) in [4.78, 5) is 14.7. The zero-order valence-electron chi connectivity index (χ0n) is 11.2. The predicted octanol–water partition coefficient (Wildman–Crippen LogP) is 1.79. The summed E-state index contributed by atoms with van der Waals surface area (Å²) in [6, 6.07) is 2.35. The highest BCUT2D eigenvalue weighted by Gasteiger charge is 2.37. The van der Waals surface area contributed by atoms with Gasteiger partial charge in [0.1, 0.15) is 0 Å². The second-order valence-corrected chi connectivity index (χ2v) is 6.08. The average Bonchev–Trinajstić information content (AvgIpc) is 3.16. The quantitative estimate of drug-likeness (QED) is 0.918. The maximum absolute atomic E-state index is 12.6. The lowest BCUT2D eigenvalue weighted by atomic mass is 10.1. The number of nitrogens with zero attached hydrogens (tertiary/aromatic N) is 1. The van der Waals surface area contributed by atoms with Crippen LogP contribution < -0.4 is 5.32 Å². The summed E-state index contributed by atoms with van der Waals surface area (Å²) in [5, 5.41) is 7.54. The third-order valence-electron chi connectivity index (χ3n) is 4.19. The molecular formula is C14H20N2O2S. The fourth-order valence-electron chi connectivity index (χ4n) is 3.11. The number of thiophene rings is 1. The first-order chi connectivity index (χ1) is 9.29. The van der Waals surface area contributed by atoms with E-state index in [4.69, 9.17) is 4.74 Å². The van der Waals surface area contributed by atoms with E-state index < -0.39 is 0 Å². The van der Waals surface area contributed by atoms with Crippen LogP contribution in [-0.2, 0) is 9.53 Å². The van der Waals surface area contributed by atoms with Crippen molar-refractivity contribution >= 4 is 17.2 Å². The topological polar surface area (TPSA) is 41.6 Å². The first-order valence-corrected chi connectivity index (χ1v) is 7.82. The van der Waals surface area contributed by atoms with Gasteiger partial charge in [0.15, 0.2) is 0 Å². The molecule has 1 N–H and O–H groups in total. The SMILES string of the molecule is COC1CNC(C(=O)N2CCCC2c2ccsc2)C1. The molecule has 3 unspecified atom stereocenters. The van der Waals surface area contributed by atoms with Crippen molar-refractivity contribution in [3.8, 4) is 0 Å². The van der Waals surface area contributed by atoms with Crippen LogP contribution in [0.1, 0.15) is 30.9 Å². The Balaban J connectivity index is 1.69. The first-order valence-electron chi connectivity index (χ1n) is 6.88. The highest BCUT2D eigenvalue weighted by Crippen LogP contribution is 2.34.